The Kier molecular flexibility index (Phi) is 4.99. The van der Waals surface area contributed by atoms with Crippen molar-refractivity contribution in [3.63, 3.8) is 0 Å². The van der Waals surface area contributed by atoms with Crippen LogP contribution >= 0.6 is 0 Å². The van der Waals surface area contributed by atoms with E-state index in [0.29, 0.717) is 13.2 Å². The number of carbonyl (C=O) groups is 1. The van der Waals surface area contributed by atoms with Gasteiger partial charge in [0, 0.05) is 30.8 Å². The second-order valence-corrected chi connectivity index (χ2v) is 6.98. The number of nitrogens with zero attached hydrogens (tertiary/aromatic N) is 3. The first kappa shape index (κ1) is 17.2. The van der Waals surface area contributed by atoms with E-state index in [2.05, 4.69) is 25.4 Å². The van der Waals surface area contributed by atoms with E-state index in [-0.39, 0.29) is 18.1 Å². The number of morpholine rings is 1. The maximum Gasteiger partial charge on any atom is 0.244 e. The van der Waals surface area contributed by atoms with Gasteiger partial charge < -0.3 is 19.9 Å². The van der Waals surface area contributed by atoms with Gasteiger partial charge >= 0.3 is 0 Å². The second-order valence-electron chi connectivity index (χ2n) is 6.98. The van der Waals surface area contributed by atoms with Crippen LogP contribution in [0, 0.1) is 0 Å². The lowest BCUT2D eigenvalue weighted by atomic mass is 10.1. The van der Waals surface area contributed by atoms with E-state index >= 15 is 0 Å². The predicted octanol–water partition coefficient (Wildman–Crippen LogP) is 1.99. The molecule has 1 fully saturated rings. The van der Waals surface area contributed by atoms with Gasteiger partial charge in [-0.15, -0.1) is 10.2 Å². The quantitative estimate of drug-likeness (QED) is 0.880. The monoisotopic (exact) mass is 355 g/mol. The Morgan fingerprint density at radius 3 is 3.12 bits per heavy atom. The Balaban J connectivity index is 1.54. The number of nitrogens with one attached hydrogen (secondary N) is 2. The minimum absolute atomic E-state index is 0.0746. The molecule has 138 valence electrons. The van der Waals surface area contributed by atoms with Gasteiger partial charge in [0.05, 0.1) is 12.7 Å². The lowest BCUT2D eigenvalue weighted by molar-refractivity contribution is -0.123. The molecule has 0 aliphatic carbocycles. The fourth-order valence-electron chi connectivity index (χ4n) is 3.68. The van der Waals surface area contributed by atoms with Gasteiger partial charge in [-0.3, -0.25) is 4.79 Å². The Morgan fingerprint density at radius 2 is 2.23 bits per heavy atom. The first-order valence-electron chi connectivity index (χ1n) is 9.41. The van der Waals surface area contributed by atoms with Crippen LogP contribution in [0.15, 0.2) is 24.3 Å². The number of amides is 1. The third-order valence-electron chi connectivity index (χ3n) is 5.10. The second kappa shape index (κ2) is 7.55. The standard InChI is InChI=1S/C19H25N5O2/c1-13-17(20-9-11-26-13)19(25)21-15-7-5-6-14(12-15)18-23-22-16-8-3-2-4-10-24(16)18/h5-7,12-13,17,20H,2-4,8-11H2,1H3,(H,21,25)/t13-,17+/m1/s1. The van der Waals surface area contributed by atoms with Crippen LogP contribution in [0.5, 0.6) is 0 Å². The number of aryl methyl sites for hydroxylation is 1. The molecule has 4 rings (SSSR count). The third-order valence-corrected chi connectivity index (χ3v) is 5.10. The summed E-state index contributed by atoms with van der Waals surface area (Å²) >= 11 is 0. The summed E-state index contributed by atoms with van der Waals surface area (Å²) in [4.78, 5) is 12.6. The van der Waals surface area contributed by atoms with E-state index in [9.17, 15) is 4.79 Å². The van der Waals surface area contributed by atoms with Gasteiger partial charge in [0.2, 0.25) is 5.91 Å². The molecule has 2 aliphatic heterocycles. The van der Waals surface area contributed by atoms with Gasteiger partial charge in [0.15, 0.2) is 5.82 Å². The number of anilines is 1. The molecular weight excluding hydrogens is 330 g/mol. The van der Waals surface area contributed by atoms with E-state index in [4.69, 9.17) is 4.74 Å². The van der Waals surface area contributed by atoms with E-state index in [0.717, 1.165) is 42.3 Å². The molecule has 3 heterocycles. The first-order chi connectivity index (χ1) is 12.7. The minimum Gasteiger partial charge on any atom is -0.375 e. The molecule has 26 heavy (non-hydrogen) atoms. The van der Waals surface area contributed by atoms with Crippen molar-refractivity contribution in [1.29, 1.82) is 0 Å². The lowest BCUT2D eigenvalue weighted by Gasteiger charge is -2.29. The Bertz CT molecular complexity index is 788. The lowest BCUT2D eigenvalue weighted by Crippen LogP contribution is -2.53. The minimum atomic E-state index is -0.336. The number of benzene rings is 1. The van der Waals surface area contributed by atoms with Crippen LogP contribution in [-0.2, 0) is 22.5 Å². The molecule has 0 radical (unpaired) electrons. The molecular formula is C19H25N5O2. The summed E-state index contributed by atoms with van der Waals surface area (Å²) in [5, 5.41) is 15.0. The molecule has 1 aromatic carbocycles. The normalized spacial score (nSPS) is 23.1. The van der Waals surface area contributed by atoms with Crippen LogP contribution in [-0.4, -0.2) is 46.0 Å². The van der Waals surface area contributed by atoms with E-state index in [1.54, 1.807) is 0 Å². The average Bonchev–Trinajstić information content (AvgIpc) is 2.91. The maximum absolute atomic E-state index is 12.6. The van der Waals surface area contributed by atoms with Crippen LogP contribution in [0.2, 0.25) is 0 Å². The van der Waals surface area contributed by atoms with Crippen molar-refractivity contribution in [2.75, 3.05) is 18.5 Å². The maximum atomic E-state index is 12.6. The van der Waals surface area contributed by atoms with Crippen LogP contribution in [0.1, 0.15) is 32.0 Å². The number of ether oxygens (including phenoxy) is 1. The highest BCUT2D eigenvalue weighted by Gasteiger charge is 2.28. The zero-order chi connectivity index (χ0) is 17.9. The summed E-state index contributed by atoms with van der Waals surface area (Å²) in [6.45, 7) is 4.19. The van der Waals surface area contributed by atoms with Gasteiger partial charge in [0.1, 0.15) is 11.9 Å². The topological polar surface area (TPSA) is 81.1 Å². The Labute approximate surface area is 153 Å². The summed E-state index contributed by atoms with van der Waals surface area (Å²) < 4.78 is 7.78. The molecule has 0 spiro atoms. The average molecular weight is 355 g/mol. The molecule has 1 saturated heterocycles. The molecule has 2 aliphatic rings. The van der Waals surface area contributed by atoms with Crippen molar-refractivity contribution >= 4 is 11.6 Å². The van der Waals surface area contributed by atoms with Gasteiger partial charge in [-0.2, -0.15) is 0 Å². The predicted molar refractivity (Wildman–Crippen MR) is 98.8 cm³/mol. The molecule has 1 aromatic heterocycles. The molecule has 2 atom stereocenters. The molecule has 2 aromatic rings. The largest absolute Gasteiger partial charge is 0.375 e. The molecule has 0 bridgehead atoms. The van der Waals surface area contributed by atoms with Crippen molar-refractivity contribution in [3.05, 3.63) is 30.1 Å². The molecule has 2 N–H and O–H groups in total. The number of aromatic nitrogens is 3. The van der Waals surface area contributed by atoms with Crippen molar-refractivity contribution in [1.82, 2.24) is 20.1 Å². The molecule has 0 unspecified atom stereocenters. The molecule has 1 amide bonds. The van der Waals surface area contributed by atoms with E-state index in [1.165, 1.54) is 12.8 Å². The van der Waals surface area contributed by atoms with E-state index < -0.39 is 0 Å². The van der Waals surface area contributed by atoms with Crippen molar-refractivity contribution < 1.29 is 9.53 Å². The summed E-state index contributed by atoms with van der Waals surface area (Å²) in [5.41, 5.74) is 1.74. The Morgan fingerprint density at radius 1 is 1.31 bits per heavy atom. The smallest absolute Gasteiger partial charge is 0.244 e. The van der Waals surface area contributed by atoms with Crippen LogP contribution < -0.4 is 10.6 Å². The zero-order valence-corrected chi connectivity index (χ0v) is 15.1. The van der Waals surface area contributed by atoms with Gasteiger partial charge in [0.25, 0.3) is 0 Å². The SMILES string of the molecule is C[C@H]1OCCN[C@@H]1C(=O)Nc1cccc(-c2nnc3n2CCCCC3)c1. The number of fused-ring (bicyclic) bond motifs is 1. The van der Waals surface area contributed by atoms with Crippen LogP contribution in [0.3, 0.4) is 0 Å². The molecule has 0 saturated carbocycles. The van der Waals surface area contributed by atoms with Crippen molar-refractivity contribution in [2.45, 2.75) is 51.3 Å². The number of hydrogen-bond donors (Lipinski definition) is 2. The van der Waals surface area contributed by atoms with Crippen molar-refractivity contribution in [3.8, 4) is 11.4 Å². The van der Waals surface area contributed by atoms with Crippen LogP contribution in [0.4, 0.5) is 5.69 Å². The van der Waals surface area contributed by atoms with Gasteiger partial charge in [-0.05, 0) is 31.9 Å². The number of rotatable bonds is 3. The molecule has 7 nitrogen and oxygen atoms in total. The summed E-state index contributed by atoms with van der Waals surface area (Å²) in [5.74, 6) is 1.87. The number of carbonyl (C=O) groups excluding carboxylic acids is 1. The van der Waals surface area contributed by atoms with Gasteiger partial charge in [-0.1, -0.05) is 18.6 Å². The highest BCUT2D eigenvalue weighted by Crippen LogP contribution is 2.25. The van der Waals surface area contributed by atoms with E-state index in [1.807, 2.05) is 31.2 Å². The summed E-state index contributed by atoms with van der Waals surface area (Å²) in [6, 6.07) is 7.49. The number of hydrogen-bond acceptors (Lipinski definition) is 5. The molecule has 7 heteroatoms. The first-order valence-corrected chi connectivity index (χ1v) is 9.41. The summed E-state index contributed by atoms with van der Waals surface area (Å²) in [6.07, 6.45) is 4.39. The fourth-order valence-corrected chi connectivity index (χ4v) is 3.68. The highest BCUT2D eigenvalue weighted by molar-refractivity contribution is 5.95. The fraction of sp³-hybridized carbons (Fsp3) is 0.526. The Hall–Kier alpha value is -2.25. The highest BCUT2D eigenvalue weighted by atomic mass is 16.5. The van der Waals surface area contributed by atoms with Crippen molar-refractivity contribution in [2.24, 2.45) is 0 Å². The third kappa shape index (κ3) is 3.50. The summed E-state index contributed by atoms with van der Waals surface area (Å²) in [7, 11) is 0. The van der Waals surface area contributed by atoms with Crippen LogP contribution in [0.25, 0.3) is 11.4 Å². The van der Waals surface area contributed by atoms with Gasteiger partial charge in [-0.25, -0.2) is 0 Å². The zero-order valence-electron chi connectivity index (χ0n) is 15.1.